The van der Waals surface area contributed by atoms with Crippen molar-refractivity contribution in [3.8, 4) is 0 Å². The molecule has 0 aliphatic carbocycles. The molecule has 0 saturated carbocycles. The van der Waals surface area contributed by atoms with E-state index >= 15 is 0 Å². The van der Waals surface area contributed by atoms with E-state index in [1.54, 1.807) is 11.3 Å². The van der Waals surface area contributed by atoms with Crippen molar-refractivity contribution in [2.45, 2.75) is 0 Å². The highest BCUT2D eigenvalue weighted by atomic mass is 32.1. The van der Waals surface area contributed by atoms with Crippen molar-refractivity contribution >= 4 is 33.3 Å². The molecule has 0 atom stereocenters. The van der Waals surface area contributed by atoms with Crippen molar-refractivity contribution in [2.24, 2.45) is 0 Å². The minimum absolute atomic E-state index is 0.763. The molecule has 17 heavy (non-hydrogen) atoms. The summed E-state index contributed by atoms with van der Waals surface area (Å²) in [6, 6.07) is 2.04. The number of hydrogen-bond donors (Lipinski definition) is 2. The van der Waals surface area contributed by atoms with Gasteiger partial charge < -0.3 is 15.5 Å². The van der Waals surface area contributed by atoms with Crippen LogP contribution in [0.5, 0.6) is 0 Å². The Labute approximate surface area is 105 Å². The first-order valence-electron chi connectivity index (χ1n) is 5.55. The van der Waals surface area contributed by atoms with Crippen molar-refractivity contribution in [3.05, 3.63) is 11.4 Å². The molecule has 0 radical (unpaired) electrons. The van der Waals surface area contributed by atoms with E-state index < -0.39 is 0 Å². The Kier molecular flexibility index (Phi) is 3.75. The Bertz CT molecular complexity index is 496. The second-order valence-electron chi connectivity index (χ2n) is 3.79. The third kappa shape index (κ3) is 2.48. The third-order valence-electron chi connectivity index (χ3n) is 2.59. The molecule has 0 saturated heterocycles. The van der Waals surface area contributed by atoms with Gasteiger partial charge in [0.25, 0.3) is 0 Å². The van der Waals surface area contributed by atoms with Gasteiger partial charge in [-0.1, -0.05) is 0 Å². The van der Waals surface area contributed by atoms with Gasteiger partial charge in [0, 0.05) is 27.2 Å². The van der Waals surface area contributed by atoms with Gasteiger partial charge in [-0.3, -0.25) is 0 Å². The molecule has 0 aliphatic heterocycles. The second-order valence-corrected chi connectivity index (χ2v) is 4.68. The van der Waals surface area contributed by atoms with E-state index in [1.165, 1.54) is 0 Å². The summed E-state index contributed by atoms with van der Waals surface area (Å²) in [6.07, 6.45) is 0. The van der Waals surface area contributed by atoms with Gasteiger partial charge in [-0.05, 0) is 18.5 Å². The Morgan fingerprint density at radius 2 is 2.18 bits per heavy atom. The van der Waals surface area contributed by atoms with Crippen molar-refractivity contribution in [2.75, 3.05) is 44.4 Å². The van der Waals surface area contributed by atoms with Crippen LogP contribution in [-0.2, 0) is 0 Å². The summed E-state index contributed by atoms with van der Waals surface area (Å²) < 4.78 is 0. The molecule has 2 heterocycles. The van der Waals surface area contributed by atoms with Gasteiger partial charge >= 0.3 is 0 Å². The number of nitrogens with zero attached hydrogens (tertiary/aromatic N) is 3. The molecule has 6 heteroatoms. The molecular formula is C11H17N5S. The maximum atomic E-state index is 4.56. The first-order valence-corrected chi connectivity index (χ1v) is 6.43. The fraction of sp³-hybridized carbons (Fsp3) is 0.455. The zero-order valence-electron chi connectivity index (χ0n) is 10.3. The van der Waals surface area contributed by atoms with Gasteiger partial charge in [0.15, 0.2) is 0 Å². The minimum Gasteiger partial charge on any atom is -0.372 e. The van der Waals surface area contributed by atoms with Crippen molar-refractivity contribution < 1.29 is 0 Å². The van der Waals surface area contributed by atoms with Crippen LogP contribution in [0.4, 0.5) is 11.8 Å². The number of fused-ring (bicyclic) bond motifs is 1. The zero-order valence-corrected chi connectivity index (χ0v) is 11.1. The molecule has 0 spiro atoms. The van der Waals surface area contributed by atoms with Crippen molar-refractivity contribution in [1.82, 2.24) is 15.3 Å². The summed E-state index contributed by atoms with van der Waals surface area (Å²) in [5.41, 5.74) is 0. The molecule has 2 aromatic heterocycles. The number of thiophene rings is 1. The first-order chi connectivity index (χ1) is 8.26. The summed E-state index contributed by atoms with van der Waals surface area (Å²) >= 11 is 1.64. The fourth-order valence-electron chi connectivity index (χ4n) is 1.58. The normalized spacial score (nSPS) is 10.8. The minimum atomic E-state index is 0.763. The van der Waals surface area contributed by atoms with E-state index in [4.69, 9.17) is 0 Å². The van der Waals surface area contributed by atoms with Crippen molar-refractivity contribution in [3.63, 3.8) is 0 Å². The highest BCUT2D eigenvalue weighted by molar-refractivity contribution is 7.16. The summed E-state index contributed by atoms with van der Waals surface area (Å²) in [7, 11) is 5.83. The standard InChI is InChI=1S/C11H17N5S/c1-12-5-6-16(3)11-14-9(13-2)8-4-7-17-10(8)15-11/h4,7,12H,5-6H2,1-3H3,(H,13,14,15). The summed E-state index contributed by atoms with van der Waals surface area (Å²) in [5, 5.41) is 9.37. The maximum absolute atomic E-state index is 4.56. The summed E-state index contributed by atoms with van der Waals surface area (Å²) in [6.45, 7) is 1.80. The highest BCUT2D eigenvalue weighted by Crippen LogP contribution is 2.26. The molecule has 0 aromatic carbocycles. The molecular weight excluding hydrogens is 234 g/mol. The number of hydrogen-bond acceptors (Lipinski definition) is 6. The molecule has 0 bridgehead atoms. The summed E-state index contributed by atoms with van der Waals surface area (Å²) in [4.78, 5) is 12.2. The van der Waals surface area contributed by atoms with Gasteiger partial charge in [0.2, 0.25) is 5.95 Å². The van der Waals surface area contributed by atoms with Crippen LogP contribution in [0.15, 0.2) is 11.4 Å². The zero-order chi connectivity index (χ0) is 12.3. The van der Waals surface area contributed by atoms with Crippen LogP contribution in [0.2, 0.25) is 0 Å². The van der Waals surface area contributed by atoms with E-state index in [1.807, 2.05) is 32.6 Å². The highest BCUT2D eigenvalue weighted by Gasteiger charge is 2.10. The molecule has 92 valence electrons. The molecule has 2 N–H and O–H groups in total. The van der Waals surface area contributed by atoms with E-state index in [0.29, 0.717) is 0 Å². The van der Waals surface area contributed by atoms with Crippen LogP contribution < -0.4 is 15.5 Å². The molecule has 0 unspecified atom stereocenters. The topological polar surface area (TPSA) is 53.1 Å². The molecule has 5 nitrogen and oxygen atoms in total. The van der Waals surface area contributed by atoms with Crippen LogP contribution in [0.25, 0.3) is 10.2 Å². The van der Waals surface area contributed by atoms with Gasteiger partial charge in [-0.25, -0.2) is 4.98 Å². The Morgan fingerprint density at radius 3 is 2.88 bits per heavy atom. The van der Waals surface area contributed by atoms with Crippen LogP contribution in [-0.4, -0.2) is 44.2 Å². The van der Waals surface area contributed by atoms with Crippen LogP contribution in [0.3, 0.4) is 0 Å². The average Bonchev–Trinajstić information content (AvgIpc) is 2.82. The van der Waals surface area contributed by atoms with Gasteiger partial charge in [0.1, 0.15) is 10.6 Å². The second kappa shape index (κ2) is 5.29. The fourth-order valence-corrected chi connectivity index (χ4v) is 2.34. The lowest BCUT2D eigenvalue weighted by molar-refractivity contribution is 0.755. The molecule has 2 aromatic rings. The van der Waals surface area contributed by atoms with Crippen molar-refractivity contribution in [1.29, 1.82) is 0 Å². The maximum Gasteiger partial charge on any atom is 0.228 e. The SMILES string of the molecule is CNCCN(C)c1nc(NC)c2ccsc2n1. The van der Waals surface area contributed by atoms with E-state index in [2.05, 4.69) is 25.5 Å². The van der Waals surface area contributed by atoms with Crippen LogP contribution in [0.1, 0.15) is 0 Å². The Morgan fingerprint density at radius 1 is 1.35 bits per heavy atom. The van der Waals surface area contributed by atoms with E-state index in [9.17, 15) is 0 Å². The van der Waals surface area contributed by atoms with Gasteiger partial charge in [-0.2, -0.15) is 4.98 Å². The molecule has 2 rings (SSSR count). The largest absolute Gasteiger partial charge is 0.372 e. The molecule has 0 aliphatic rings. The monoisotopic (exact) mass is 251 g/mol. The summed E-state index contributed by atoms with van der Waals surface area (Å²) in [5.74, 6) is 1.65. The number of rotatable bonds is 5. The van der Waals surface area contributed by atoms with Gasteiger partial charge in [0.05, 0.1) is 5.39 Å². The average molecular weight is 251 g/mol. The molecule has 0 amide bonds. The number of anilines is 2. The lowest BCUT2D eigenvalue weighted by Crippen LogP contribution is -2.28. The van der Waals surface area contributed by atoms with E-state index in [0.717, 1.165) is 35.1 Å². The van der Waals surface area contributed by atoms with Crippen LogP contribution in [0, 0.1) is 0 Å². The number of aromatic nitrogens is 2. The number of nitrogens with one attached hydrogen (secondary N) is 2. The van der Waals surface area contributed by atoms with E-state index in [-0.39, 0.29) is 0 Å². The lowest BCUT2D eigenvalue weighted by Gasteiger charge is -2.17. The Hall–Kier alpha value is -1.40. The number of likely N-dealkylation sites (N-methyl/N-ethyl adjacent to an activating group) is 2. The quantitative estimate of drug-likeness (QED) is 0.841. The van der Waals surface area contributed by atoms with Gasteiger partial charge in [-0.15, -0.1) is 11.3 Å². The van der Waals surface area contributed by atoms with Crippen LogP contribution >= 0.6 is 11.3 Å². The smallest absolute Gasteiger partial charge is 0.228 e. The predicted molar refractivity (Wildman–Crippen MR) is 74.2 cm³/mol. The predicted octanol–water partition coefficient (Wildman–Crippen LogP) is 1.39. The Balaban J connectivity index is 2.34. The third-order valence-corrected chi connectivity index (χ3v) is 3.40. The first kappa shape index (κ1) is 12.1. The lowest BCUT2D eigenvalue weighted by atomic mass is 10.4. The molecule has 0 fully saturated rings.